The molecule has 2 amide bonds. The molecular formula is C16H17FN2O3. The quantitative estimate of drug-likeness (QED) is 0.768. The number of rotatable bonds is 6. The third-order valence-corrected chi connectivity index (χ3v) is 2.78. The van der Waals surface area contributed by atoms with Crippen molar-refractivity contribution >= 4 is 11.7 Å². The monoisotopic (exact) mass is 304 g/mol. The number of ether oxygens (including phenoxy) is 1. The van der Waals surface area contributed by atoms with Gasteiger partial charge < -0.3 is 20.5 Å². The Labute approximate surface area is 127 Å². The molecule has 0 aliphatic heterocycles. The van der Waals surface area contributed by atoms with E-state index in [2.05, 4.69) is 10.6 Å². The molecule has 2 aromatic rings. The minimum Gasteiger partial charge on any atom is -0.489 e. The van der Waals surface area contributed by atoms with Crippen molar-refractivity contribution in [2.24, 2.45) is 0 Å². The summed E-state index contributed by atoms with van der Waals surface area (Å²) in [5.41, 5.74) is 1.44. The van der Waals surface area contributed by atoms with Crippen LogP contribution in [-0.4, -0.2) is 24.3 Å². The Bertz CT molecular complexity index is 634. The highest BCUT2D eigenvalue weighted by molar-refractivity contribution is 5.89. The summed E-state index contributed by atoms with van der Waals surface area (Å²) >= 11 is 0. The van der Waals surface area contributed by atoms with Crippen LogP contribution in [0.1, 0.15) is 5.56 Å². The van der Waals surface area contributed by atoms with Gasteiger partial charge in [-0.2, -0.15) is 0 Å². The zero-order valence-electron chi connectivity index (χ0n) is 11.9. The lowest BCUT2D eigenvalue weighted by Crippen LogP contribution is -2.30. The Morgan fingerprint density at radius 1 is 1.18 bits per heavy atom. The van der Waals surface area contributed by atoms with Crippen LogP contribution in [0, 0.1) is 5.82 Å². The van der Waals surface area contributed by atoms with Gasteiger partial charge in [0.05, 0.1) is 6.61 Å². The number of nitrogens with one attached hydrogen (secondary N) is 2. The first-order valence-electron chi connectivity index (χ1n) is 6.80. The largest absolute Gasteiger partial charge is 0.489 e. The number of halogens is 1. The van der Waals surface area contributed by atoms with Gasteiger partial charge in [-0.25, -0.2) is 9.18 Å². The highest BCUT2D eigenvalue weighted by atomic mass is 19.1. The number of hydrogen-bond donors (Lipinski definition) is 3. The molecule has 0 heterocycles. The van der Waals surface area contributed by atoms with E-state index < -0.39 is 6.03 Å². The zero-order valence-corrected chi connectivity index (χ0v) is 11.9. The van der Waals surface area contributed by atoms with E-state index in [1.54, 1.807) is 30.3 Å². The van der Waals surface area contributed by atoms with Crippen LogP contribution < -0.4 is 15.4 Å². The molecule has 0 radical (unpaired) electrons. The molecule has 0 saturated heterocycles. The van der Waals surface area contributed by atoms with Crippen LogP contribution >= 0.6 is 0 Å². The van der Waals surface area contributed by atoms with Crippen molar-refractivity contribution in [1.82, 2.24) is 5.32 Å². The number of aliphatic hydroxyl groups excluding tert-OH is 1. The van der Waals surface area contributed by atoms with Gasteiger partial charge >= 0.3 is 6.03 Å². The van der Waals surface area contributed by atoms with Crippen molar-refractivity contribution in [2.75, 3.05) is 18.5 Å². The number of aliphatic hydroxyl groups is 1. The molecule has 0 bridgehead atoms. The van der Waals surface area contributed by atoms with Gasteiger partial charge in [0.1, 0.15) is 18.2 Å². The van der Waals surface area contributed by atoms with E-state index in [-0.39, 0.29) is 25.6 Å². The van der Waals surface area contributed by atoms with E-state index in [1.165, 1.54) is 12.1 Å². The molecule has 0 saturated carbocycles. The Balaban J connectivity index is 1.92. The molecule has 2 aromatic carbocycles. The first-order chi connectivity index (χ1) is 10.7. The summed E-state index contributed by atoms with van der Waals surface area (Å²) in [6.45, 7) is 0.334. The highest BCUT2D eigenvalue weighted by Crippen LogP contribution is 2.16. The van der Waals surface area contributed by atoms with Crippen molar-refractivity contribution in [3.63, 3.8) is 0 Å². The predicted molar refractivity (Wildman–Crippen MR) is 81.3 cm³/mol. The summed E-state index contributed by atoms with van der Waals surface area (Å²) in [5.74, 6) is 0.0903. The highest BCUT2D eigenvalue weighted by Gasteiger charge is 2.03. The fraction of sp³-hybridized carbons (Fsp3) is 0.188. The average Bonchev–Trinajstić information content (AvgIpc) is 2.51. The molecule has 0 aliphatic rings. The summed E-state index contributed by atoms with van der Waals surface area (Å²) in [6.07, 6.45) is 0. The molecule has 0 aromatic heterocycles. The topological polar surface area (TPSA) is 70.6 Å². The second kappa shape index (κ2) is 7.99. The first kappa shape index (κ1) is 15.8. The first-order valence-corrected chi connectivity index (χ1v) is 6.80. The number of carbonyl (C=O) groups excluding carboxylic acids is 1. The van der Waals surface area contributed by atoms with Crippen molar-refractivity contribution < 1.29 is 19.0 Å². The van der Waals surface area contributed by atoms with Gasteiger partial charge in [-0.1, -0.05) is 18.2 Å². The average molecular weight is 304 g/mol. The van der Waals surface area contributed by atoms with Crippen LogP contribution in [0.4, 0.5) is 14.9 Å². The normalized spacial score (nSPS) is 10.1. The Hall–Kier alpha value is -2.60. The number of benzene rings is 2. The number of amides is 2. The maximum Gasteiger partial charge on any atom is 0.319 e. The third kappa shape index (κ3) is 5.06. The standard InChI is InChI=1S/C16H17FN2O3/c17-13-4-2-6-15(10-13)22-11-12-3-1-5-14(9-12)19-16(21)18-7-8-20/h1-6,9-10,20H,7-8,11H2,(H2,18,19,21). The number of anilines is 1. The van der Waals surface area contributed by atoms with Crippen LogP contribution in [0.25, 0.3) is 0 Å². The molecular weight excluding hydrogens is 287 g/mol. The smallest absolute Gasteiger partial charge is 0.319 e. The van der Waals surface area contributed by atoms with E-state index in [4.69, 9.17) is 9.84 Å². The van der Waals surface area contributed by atoms with E-state index in [0.29, 0.717) is 11.4 Å². The molecule has 22 heavy (non-hydrogen) atoms. The number of urea groups is 1. The lowest BCUT2D eigenvalue weighted by Gasteiger charge is -2.09. The van der Waals surface area contributed by atoms with Crippen LogP contribution in [0.5, 0.6) is 5.75 Å². The second-order valence-electron chi connectivity index (χ2n) is 4.55. The van der Waals surface area contributed by atoms with Crippen molar-refractivity contribution in [1.29, 1.82) is 0 Å². The van der Waals surface area contributed by atoms with Crippen LogP contribution in [0.2, 0.25) is 0 Å². The molecule has 0 aliphatic carbocycles. The number of carbonyl (C=O) groups is 1. The van der Waals surface area contributed by atoms with Gasteiger partial charge in [0, 0.05) is 18.3 Å². The van der Waals surface area contributed by atoms with Crippen LogP contribution in [0.15, 0.2) is 48.5 Å². The maximum atomic E-state index is 13.1. The molecule has 5 nitrogen and oxygen atoms in total. The van der Waals surface area contributed by atoms with Gasteiger partial charge in [-0.3, -0.25) is 0 Å². The van der Waals surface area contributed by atoms with Gasteiger partial charge in [-0.05, 0) is 29.8 Å². The van der Waals surface area contributed by atoms with Crippen LogP contribution in [0.3, 0.4) is 0 Å². The lowest BCUT2D eigenvalue weighted by molar-refractivity contribution is 0.245. The molecule has 6 heteroatoms. The fourth-order valence-electron chi connectivity index (χ4n) is 1.81. The maximum absolute atomic E-state index is 13.1. The molecule has 3 N–H and O–H groups in total. The number of hydrogen-bond acceptors (Lipinski definition) is 3. The zero-order chi connectivity index (χ0) is 15.8. The summed E-state index contributed by atoms with van der Waals surface area (Å²) in [5, 5.41) is 13.8. The summed E-state index contributed by atoms with van der Waals surface area (Å²) in [4.78, 5) is 11.5. The lowest BCUT2D eigenvalue weighted by atomic mass is 10.2. The Morgan fingerprint density at radius 3 is 2.77 bits per heavy atom. The molecule has 0 fully saturated rings. The van der Waals surface area contributed by atoms with E-state index in [0.717, 1.165) is 5.56 Å². The Morgan fingerprint density at radius 2 is 2.00 bits per heavy atom. The van der Waals surface area contributed by atoms with Gasteiger partial charge in [0.25, 0.3) is 0 Å². The van der Waals surface area contributed by atoms with Gasteiger partial charge in [0.2, 0.25) is 0 Å². The minimum atomic E-state index is -0.391. The predicted octanol–water partition coefficient (Wildman–Crippen LogP) is 2.52. The minimum absolute atomic E-state index is 0.116. The van der Waals surface area contributed by atoms with E-state index in [1.807, 2.05) is 6.07 Å². The fourth-order valence-corrected chi connectivity index (χ4v) is 1.81. The third-order valence-electron chi connectivity index (χ3n) is 2.78. The van der Waals surface area contributed by atoms with Crippen molar-refractivity contribution in [3.8, 4) is 5.75 Å². The molecule has 116 valence electrons. The van der Waals surface area contributed by atoms with Crippen LogP contribution in [-0.2, 0) is 6.61 Å². The van der Waals surface area contributed by atoms with E-state index in [9.17, 15) is 9.18 Å². The second-order valence-corrected chi connectivity index (χ2v) is 4.55. The summed E-state index contributed by atoms with van der Waals surface area (Å²) in [6, 6.07) is 12.6. The Kier molecular flexibility index (Phi) is 5.73. The molecule has 0 atom stereocenters. The molecule has 2 rings (SSSR count). The van der Waals surface area contributed by atoms with Crippen molar-refractivity contribution in [2.45, 2.75) is 6.61 Å². The van der Waals surface area contributed by atoms with Gasteiger partial charge in [-0.15, -0.1) is 0 Å². The van der Waals surface area contributed by atoms with Gasteiger partial charge in [0.15, 0.2) is 0 Å². The summed E-state index contributed by atoms with van der Waals surface area (Å²) < 4.78 is 18.5. The SMILES string of the molecule is O=C(NCCO)Nc1cccc(COc2cccc(F)c2)c1. The van der Waals surface area contributed by atoms with E-state index >= 15 is 0 Å². The summed E-state index contributed by atoms with van der Waals surface area (Å²) in [7, 11) is 0. The molecule has 0 spiro atoms. The molecule has 0 unspecified atom stereocenters. The van der Waals surface area contributed by atoms with Crippen molar-refractivity contribution in [3.05, 3.63) is 59.9 Å².